The van der Waals surface area contributed by atoms with E-state index in [2.05, 4.69) is 9.71 Å². The van der Waals surface area contributed by atoms with Gasteiger partial charge < -0.3 is 5.11 Å². The molecule has 2 N–H and O–H groups in total. The number of rotatable bonds is 6. The van der Waals surface area contributed by atoms with E-state index in [9.17, 15) is 13.2 Å². The number of carboxylic acid groups (broad SMARTS) is 1. The van der Waals surface area contributed by atoms with Crippen molar-refractivity contribution >= 4 is 16.0 Å². The second-order valence-corrected chi connectivity index (χ2v) is 5.62. The normalized spacial score (nSPS) is 12.6. The Hall–Kier alpha value is -1.98. The summed E-state index contributed by atoms with van der Waals surface area (Å²) in [5, 5.41) is 17.5. The molecule has 0 aliphatic carbocycles. The summed E-state index contributed by atoms with van der Waals surface area (Å²) in [6.45, 7) is 1.47. The predicted octanol–water partition coefficient (Wildman–Crippen LogP) is 0.342. The number of carbonyl (C=O) groups is 1. The van der Waals surface area contributed by atoms with Gasteiger partial charge in [-0.3, -0.25) is 4.79 Å². The Labute approximate surface area is 110 Å². The van der Waals surface area contributed by atoms with Gasteiger partial charge in [0.15, 0.2) is 5.69 Å². The van der Waals surface area contributed by atoms with Gasteiger partial charge in [-0.15, -0.1) is 0 Å². The van der Waals surface area contributed by atoms with Crippen molar-refractivity contribution in [1.82, 2.24) is 9.71 Å². The lowest BCUT2D eigenvalue weighted by Crippen LogP contribution is -2.28. The Balaban J connectivity index is 2.77. The van der Waals surface area contributed by atoms with Crippen LogP contribution in [0.25, 0.3) is 0 Å². The van der Waals surface area contributed by atoms with Crippen molar-refractivity contribution in [1.29, 1.82) is 5.26 Å². The fourth-order valence-electron chi connectivity index (χ4n) is 1.30. The Kier molecular flexibility index (Phi) is 4.97. The Bertz CT molecular complexity index is 607. The SMILES string of the molecule is CC(CCNS(=O)(=O)c1cccnc1C#N)C(=O)O. The van der Waals surface area contributed by atoms with E-state index in [1.807, 2.05) is 0 Å². The van der Waals surface area contributed by atoms with Crippen LogP contribution in [0.5, 0.6) is 0 Å². The maximum Gasteiger partial charge on any atom is 0.306 e. The number of pyridine rings is 1. The number of nitrogens with zero attached hydrogens (tertiary/aromatic N) is 2. The molecule has 1 unspecified atom stereocenters. The molecule has 1 aromatic rings. The van der Waals surface area contributed by atoms with Crippen LogP contribution in [-0.4, -0.2) is 31.0 Å². The minimum atomic E-state index is -3.85. The van der Waals surface area contributed by atoms with E-state index in [-0.39, 0.29) is 23.6 Å². The predicted molar refractivity (Wildman–Crippen MR) is 65.6 cm³/mol. The highest BCUT2D eigenvalue weighted by atomic mass is 32.2. The van der Waals surface area contributed by atoms with Gasteiger partial charge in [0.1, 0.15) is 11.0 Å². The maximum atomic E-state index is 11.9. The summed E-state index contributed by atoms with van der Waals surface area (Å²) in [6.07, 6.45) is 1.49. The number of carboxylic acids is 1. The van der Waals surface area contributed by atoms with Crippen LogP contribution in [0.3, 0.4) is 0 Å². The third kappa shape index (κ3) is 4.01. The van der Waals surface area contributed by atoms with Gasteiger partial charge in [0.25, 0.3) is 0 Å². The van der Waals surface area contributed by atoms with Crippen molar-refractivity contribution in [3.05, 3.63) is 24.0 Å². The number of nitrogens with one attached hydrogen (secondary N) is 1. The molecule has 0 amide bonds. The van der Waals surface area contributed by atoms with E-state index < -0.39 is 21.9 Å². The summed E-state index contributed by atoms with van der Waals surface area (Å²) in [7, 11) is -3.85. The second kappa shape index (κ2) is 6.26. The van der Waals surface area contributed by atoms with E-state index in [1.54, 1.807) is 6.07 Å². The molecule has 0 aromatic carbocycles. The van der Waals surface area contributed by atoms with Gasteiger partial charge in [-0.1, -0.05) is 6.92 Å². The van der Waals surface area contributed by atoms with E-state index in [0.717, 1.165) is 0 Å². The molecule has 8 heteroatoms. The fourth-order valence-corrected chi connectivity index (χ4v) is 2.46. The Morgan fingerprint density at radius 3 is 2.89 bits per heavy atom. The van der Waals surface area contributed by atoms with Gasteiger partial charge in [0.2, 0.25) is 10.0 Å². The molecule has 1 rings (SSSR count). The summed E-state index contributed by atoms with van der Waals surface area (Å²) in [6, 6.07) is 4.38. The average Bonchev–Trinajstić information content (AvgIpc) is 2.38. The number of sulfonamides is 1. The molecule has 1 aromatic heterocycles. The summed E-state index contributed by atoms with van der Waals surface area (Å²) in [5.74, 6) is -1.63. The summed E-state index contributed by atoms with van der Waals surface area (Å²) < 4.78 is 26.1. The first-order chi connectivity index (χ1) is 8.88. The second-order valence-electron chi connectivity index (χ2n) is 3.89. The third-order valence-corrected chi connectivity index (χ3v) is 3.95. The van der Waals surface area contributed by atoms with Crippen LogP contribution in [0.2, 0.25) is 0 Å². The first-order valence-electron chi connectivity index (χ1n) is 5.46. The van der Waals surface area contributed by atoms with E-state index in [1.165, 1.54) is 25.3 Å². The van der Waals surface area contributed by atoms with Crippen LogP contribution in [0.15, 0.2) is 23.2 Å². The number of aliphatic carboxylic acids is 1. The molecule has 0 aliphatic heterocycles. The van der Waals surface area contributed by atoms with Crippen LogP contribution in [0, 0.1) is 17.2 Å². The molecule has 0 saturated heterocycles. The molecule has 0 fully saturated rings. The Morgan fingerprint density at radius 1 is 1.63 bits per heavy atom. The molecule has 1 atom stereocenters. The zero-order valence-corrected chi connectivity index (χ0v) is 11.0. The summed E-state index contributed by atoms with van der Waals surface area (Å²) >= 11 is 0. The first kappa shape index (κ1) is 15.1. The molecule has 1 heterocycles. The maximum absolute atomic E-state index is 11.9. The zero-order valence-electron chi connectivity index (χ0n) is 10.2. The van der Waals surface area contributed by atoms with Gasteiger partial charge in [-0.2, -0.15) is 5.26 Å². The minimum absolute atomic E-state index is 0.0183. The van der Waals surface area contributed by atoms with Gasteiger partial charge in [-0.05, 0) is 18.6 Å². The van der Waals surface area contributed by atoms with Gasteiger partial charge in [-0.25, -0.2) is 18.1 Å². The van der Waals surface area contributed by atoms with Gasteiger partial charge in [0.05, 0.1) is 5.92 Å². The average molecular weight is 283 g/mol. The van der Waals surface area contributed by atoms with Crippen molar-refractivity contribution in [2.45, 2.75) is 18.2 Å². The molecular weight excluding hydrogens is 270 g/mol. The van der Waals surface area contributed by atoms with E-state index >= 15 is 0 Å². The van der Waals surface area contributed by atoms with Crippen LogP contribution in [-0.2, 0) is 14.8 Å². The highest BCUT2D eigenvalue weighted by Crippen LogP contribution is 2.12. The standard InChI is InChI=1S/C11H13N3O4S/c1-8(11(15)16)4-6-14-19(17,18)10-3-2-5-13-9(10)7-12/h2-3,5,8,14H,4,6H2,1H3,(H,15,16). The lowest BCUT2D eigenvalue weighted by Gasteiger charge is -2.09. The van der Waals surface area contributed by atoms with Crippen molar-refractivity contribution in [2.75, 3.05) is 6.54 Å². The van der Waals surface area contributed by atoms with E-state index in [0.29, 0.717) is 0 Å². The van der Waals surface area contributed by atoms with Crippen molar-refractivity contribution < 1.29 is 18.3 Å². The number of aromatic nitrogens is 1. The molecular formula is C11H13N3O4S. The quantitative estimate of drug-likeness (QED) is 0.776. The molecule has 0 radical (unpaired) electrons. The van der Waals surface area contributed by atoms with Crippen LogP contribution in [0.1, 0.15) is 19.0 Å². The topological polar surface area (TPSA) is 120 Å². The highest BCUT2D eigenvalue weighted by Gasteiger charge is 2.19. The lowest BCUT2D eigenvalue weighted by molar-refractivity contribution is -0.141. The molecule has 0 aliphatic rings. The molecule has 19 heavy (non-hydrogen) atoms. The number of hydrogen-bond donors (Lipinski definition) is 2. The minimum Gasteiger partial charge on any atom is -0.481 e. The Morgan fingerprint density at radius 2 is 2.32 bits per heavy atom. The lowest BCUT2D eigenvalue weighted by atomic mass is 10.1. The highest BCUT2D eigenvalue weighted by molar-refractivity contribution is 7.89. The monoisotopic (exact) mass is 283 g/mol. The smallest absolute Gasteiger partial charge is 0.306 e. The zero-order chi connectivity index (χ0) is 14.5. The van der Waals surface area contributed by atoms with Crippen molar-refractivity contribution in [3.8, 4) is 6.07 Å². The van der Waals surface area contributed by atoms with Crippen molar-refractivity contribution in [3.63, 3.8) is 0 Å². The van der Waals surface area contributed by atoms with Crippen LogP contribution < -0.4 is 4.72 Å². The third-order valence-electron chi connectivity index (χ3n) is 2.46. The fraction of sp³-hybridized carbons (Fsp3) is 0.364. The van der Waals surface area contributed by atoms with Crippen molar-refractivity contribution in [2.24, 2.45) is 5.92 Å². The number of nitriles is 1. The van der Waals surface area contributed by atoms with Crippen LogP contribution >= 0.6 is 0 Å². The molecule has 102 valence electrons. The van der Waals surface area contributed by atoms with Crippen LogP contribution in [0.4, 0.5) is 0 Å². The van der Waals surface area contributed by atoms with Gasteiger partial charge in [0, 0.05) is 12.7 Å². The molecule has 7 nitrogen and oxygen atoms in total. The molecule has 0 spiro atoms. The summed E-state index contributed by atoms with van der Waals surface area (Å²) in [5.41, 5.74) is -0.193. The molecule has 0 saturated carbocycles. The number of hydrogen-bond acceptors (Lipinski definition) is 5. The first-order valence-corrected chi connectivity index (χ1v) is 6.94. The molecule has 0 bridgehead atoms. The van der Waals surface area contributed by atoms with Gasteiger partial charge >= 0.3 is 5.97 Å². The van der Waals surface area contributed by atoms with E-state index in [4.69, 9.17) is 10.4 Å². The summed E-state index contributed by atoms with van der Waals surface area (Å²) in [4.78, 5) is 14.0. The largest absolute Gasteiger partial charge is 0.481 e.